The number of phenolic OH excluding ortho intramolecular Hbond substituents is 1. The molecule has 0 saturated carbocycles. The molecule has 1 aromatic heterocycles. The van der Waals surface area contributed by atoms with Crippen LogP contribution in [0.4, 0.5) is 0 Å². The zero-order valence-corrected chi connectivity index (χ0v) is 17.8. The second kappa shape index (κ2) is 9.75. The Morgan fingerprint density at radius 1 is 1.18 bits per heavy atom. The first-order chi connectivity index (χ1) is 13.0. The van der Waals surface area contributed by atoms with Crippen molar-refractivity contribution in [1.29, 1.82) is 0 Å². The monoisotopic (exact) mass is 420 g/mol. The van der Waals surface area contributed by atoms with Crippen LogP contribution < -0.4 is 4.74 Å². The molecule has 0 saturated heterocycles. The molecule has 5 nitrogen and oxygen atoms in total. The fraction of sp³-hybridized carbons (Fsp3) is 0.333. The van der Waals surface area contributed by atoms with Gasteiger partial charge in [-0.1, -0.05) is 19.1 Å². The van der Waals surface area contributed by atoms with Crippen LogP contribution in [0, 0.1) is 5.92 Å². The average molecular weight is 421 g/mol. The Balaban J connectivity index is 0.00000280. The van der Waals surface area contributed by atoms with Gasteiger partial charge >= 0.3 is 0 Å². The zero-order chi connectivity index (χ0) is 19.4. The van der Waals surface area contributed by atoms with Crippen LogP contribution >= 0.6 is 24.6 Å². The second-order valence-corrected chi connectivity index (χ2v) is 6.99. The molecule has 0 aliphatic heterocycles. The molecule has 0 amide bonds. The van der Waals surface area contributed by atoms with Crippen LogP contribution in [0.3, 0.4) is 0 Å². The van der Waals surface area contributed by atoms with Gasteiger partial charge in [0.2, 0.25) is 0 Å². The summed E-state index contributed by atoms with van der Waals surface area (Å²) in [6.07, 6.45) is 0.594. The van der Waals surface area contributed by atoms with E-state index < -0.39 is 0 Å². The highest BCUT2D eigenvalue weighted by molar-refractivity contribution is 7.80. The Morgan fingerprint density at radius 2 is 1.89 bits per heavy atom. The number of halogens is 1. The quantitative estimate of drug-likeness (QED) is 0.503. The lowest BCUT2D eigenvalue weighted by Gasteiger charge is -2.15. The number of nitrogens with one attached hydrogen (secondary N) is 1. The van der Waals surface area contributed by atoms with Gasteiger partial charge in [0, 0.05) is 12.0 Å². The van der Waals surface area contributed by atoms with E-state index in [1.54, 1.807) is 18.2 Å². The number of thiocarbonyl (C=S) groups is 1. The van der Waals surface area contributed by atoms with Gasteiger partial charge in [-0.15, -0.1) is 12.4 Å². The highest BCUT2D eigenvalue weighted by Crippen LogP contribution is 2.24. The van der Waals surface area contributed by atoms with Crippen molar-refractivity contribution in [3.63, 3.8) is 0 Å². The van der Waals surface area contributed by atoms with Crippen molar-refractivity contribution in [2.75, 3.05) is 6.61 Å². The topological polar surface area (TPSA) is 67.4 Å². The maximum atomic E-state index is 9.57. The number of aromatic amines is 1. The van der Waals surface area contributed by atoms with Crippen molar-refractivity contribution in [2.45, 2.75) is 33.3 Å². The number of aromatic hydroxyl groups is 1. The lowest BCUT2D eigenvalue weighted by atomic mass is 10.0. The van der Waals surface area contributed by atoms with E-state index in [0.717, 1.165) is 29.0 Å². The molecule has 0 aliphatic carbocycles. The first-order valence-corrected chi connectivity index (χ1v) is 9.48. The summed E-state index contributed by atoms with van der Waals surface area (Å²) in [5.41, 5.74) is 2.77. The van der Waals surface area contributed by atoms with Gasteiger partial charge in [-0.3, -0.25) is 0 Å². The van der Waals surface area contributed by atoms with Crippen LogP contribution in [0.15, 0.2) is 42.5 Å². The molecule has 3 aromatic rings. The maximum absolute atomic E-state index is 9.57. The molecule has 7 heteroatoms. The van der Waals surface area contributed by atoms with Crippen LogP contribution in [0.25, 0.3) is 11.0 Å². The molecule has 2 N–H and O–H groups in total. The van der Waals surface area contributed by atoms with Crippen LogP contribution in [-0.4, -0.2) is 26.7 Å². The number of phenols is 1. The predicted octanol–water partition coefficient (Wildman–Crippen LogP) is 5.37. The third-order valence-electron chi connectivity index (χ3n) is 4.34. The standard InChI is InChI=1S/C21H24N2O3S.ClH/c1-4-25-21(27)13(2)11-15-5-8-17(9-6-15)26-14(3)20-22-18-10-7-16(24)12-19(18)23-20;/h5-10,12-14,24H,4,11H2,1-3H3,(H,22,23);1H. The lowest BCUT2D eigenvalue weighted by molar-refractivity contribution is 0.218. The van der Waals surface area contributed by atoms with Gasteiger partial charge in [0.15, 0.2) is 11.2 Å². The van der Waals surface area contributed by atoms with E-state index in [1.807, 2.05) is 38.1 Å². The van der Waals surface area contributed by atoms with Crippen LogP contribution in [0.2, 0.25) is 0 Å². The summed E-state index contributed by atoms with van der Waals surface area (Å²) in [6, 6.07) is 13.1. The van der Waals surface area contributed by atoms with Gasteiger partial charge in [-0.2, -0.15) is 0 Å². The number of nitrogens with zero attached hydrogens (tertiary/aromatic N) is 1. The van der Waals surface area contributed by atoms with E-state index in [2.05, 4.69) is 16.9 Å². The molecule has 3 rings (SSSR count). The average Bonchev–Trinajstić information content (AvgIpc) is 3.06. The summed E-state index contributed by atoms with van der Waals surface area (Å²) in [5, 5.41) is 10.2. The molecular formula is C21H25ClN2O3S. The Morgan fingerprint density at radius 3 is 2.57 bits per heavy atom. The van der Waals surface area contributed by atoms with E-state index in [9.17, 15) is 5.11 Å². The molecule has 1 heterocycles. The number of hydrogen-bond donors (Lipinski definition) is 2. The van der Waals surface area contributed by atoms with E-state index in [4.69, 9.17) is 21.7 Å². The number of hydrogen-bond acceptors (Lipinski definition) is 5. The number of fused-ring (bicyclic) bond motifs is 1. The van der Waals surface area contributed by atoms with Crippen molar-refractivity contribution >= 4 is 40.7 Å². The molecule has 2 atom stereocenters. The van der Waals surface area contributed by atoms with Crippen LogP contribution in [-0.2, 0) is 11.2 Å². The van der Waals surface area contributed by atoms with Crippen molar-refractivity contribution in [2.24, 2.45) is 5.92 Å². The third-order valence-corrected chi connectivity index (χ3v) is 4.86. The molecule has 0 spiro atoms. The largest absolute Gasteiger partial charge is 0.508 e. The first-order valence-electron chi connectivity index (χ1n) is 9.07. The van der Waals surface area contributed by atoms with Crippen LogP contribution in [0.1, 0.15) is 38.3 Å². The highest BCUT2D eigenvalue weighted by atomic mass is 35.5. The molecule has 2 aromatic carbocycles. The van der Waals surface area contributed by atoms with Crippen molar-refractivity contribution in [3.8, 4) is 11.5 Å². The normalized spacial score (nSPS) is 12.8. The third kappa shape index (κ3) is 5.36. The molecule has 0 fully saturated rings. The number of imidazole rings is 1. The van der Waals surface area contributed by atoms with Crippen molar-refractivity contribution in [1.82, 2.24) is 9.97 Å². The number of ether oxygens (including phenoxy) is 2. The number of H-pyrrole nitrogens is 1. The molecule has 0 bridgehead atoms. The Labute approximate surface area is 176 Å². The van der Waals surface area contributed by atoms with Gasteiger partial charge in [0.1, 0.15) is 17.3 Å². The fourth-order valence-electron chi connectivity index (χ4n) is 2.90. The molecule has 150 valence electrons. The minimum Gasteiger partial charge on any atom is -0.508 e. The lowest BCUT2D eigenvalue weighted by Crippen LogP contribution is -2.14. The van der Waals surface area contributed by atoms with E-state index in [-0.39, 0.29) is 30.2 Å². The van der Waals surface area contributed by atoms with E-state index >= 15 is 0 Å². The first kappa shape index (κ1) is 22.0. The SMILES string of the molecule is CCOC(=S)C(C)Cc1ccc(OC(C)c2nc3ccc(O)cc3[nH]2)cc1.Cl. The Kier molecular flexibility index (Phi) is 7.66. The molecule has 0 aliphatic rings. The summed E-state index contributed by atoms with van der Waals surface area (Å²) < 4.78 is 11.4. The minimum absolute atomic E-state index is 0. The molecule has 0 radical (unpaired) electrons. The summed E-state index contributed by atoms with van der Waals surface area (Å²) in [4.78, 5) is 7.72. The van der Waals surface area contributed by atoms with Gasteiger partial charge in [-0.25, -0.2) is 4.98 Å². The summed E-state index contributed by atoms with van der Waals surface area (Å²) in [6.45, 7) is 6.56. The molecule has 2 unspecified atom stereocenters. The van der Waals surface area contributed by atoms with Gasteiger partial charge in [-0.05, 0) is 62.3 Å². The van der Waals surface area contributed by atoms with E-state index in [0.29, 0.717) is 11.7 Å². The maximum Gasteiger partial charge on any atom is 0.162 e. The Bertz CT molecular complexity index is 927. The Hall–Kier alpha value is -2.31. The zero-order valence-electron chi connectivity index (χ0n) is 16.1. The summed E-state index contributed by atoms with van der Waals surface area (Å²) in [5.74, 6) is 1.89. The van der Waals surface area contributed by atoms with Gasteiger partial charge in [0.05, 0.1) is 17.6 Å². The molecular weight excluding hydrogens is 396 g/mol. The highest BCUT2D eigenvalue weighted by Gasteiger charge is 2.14. The van der Waals surface area contributed by atoms with Gasteiger partial charge < -0.3 is 19.6 Å². The number of rotatable bonds is 7. The summed E-state index contributed by atoms with van der Waals surface area (Å²) >= 11 is 5.27. The number of aromatic nitrogens is 2. The van der Waals surface area contributed by atoms with Crippen molar-refractivity contribution in [3.05, 3.63) is 53.9 Å². The smallest absolute Gasteiger partial charge is 0.162 e. The fourth-order valence-corrected chi connectivity index (χ4v) is 3.10. The van der Waals surface area contributed by atoms with Gasteiger partial charge in [0.25, 0.3) is 0 Å². The van der Waals surface area contributed by atoms with Crippen LogP contribution in [0.5, 0.6) is 11.5 Å². The van der Waals surface area contributed by atoms with Crippen molar-refractivity contribution < 1.29 is 14.6 Å². The summed E-state index contributed by atoms with van der Waals surface area (Å²) in [7, 11) is 0. The minimum atomic E-state index is -0.241. The molecule has 28 heavy (non-hydrogen) atoms. The second-order valence-electron chi connectivity index (χ2n) is 6.58. The number of benzene rings is 2. The predicted molar refractivity (Wildman–Crippen MR) is 118 cm³/mol. The van der Waals surface area contributed by atoms with E-state index in [1.165, 1.54) is 5.56 Å².